The van der Waals surface area contributed by atoms with E-state index >= 15 is 0 Å². The SMILES string of the molecule is O=c1cc(CNc2ccccc2Cc2ccccc2)nc2sccn12. The van der Waals surface area contributed by atoms with E-state index in [1.54, 1.807) is 16.7 Å². The summed E-state index contributed by atoms with van der Waals surface area (Å²) in [5.41, 5.74) is 4.28. The van der Waals surface area contributed by atoms with Crippen LogP contribution in [0.1, 0.15) is 16.8 Å². The maximum Gasteiger partial charge on any atom is 0.258 e. The fourth-order valence-corrected chi connectivity index (χ4v) is 3.57. The molecule has 25 heavy (non-hydrogen) atoms. The summed E-state index contributed by atoms with van der Waals surface area (Å²) in [6.45, 7) is 0.523. The molecule has 0 radical (unpaired) electrons. The van der Waals surface area contributed by atoms with E-state index in [4.69, 9.17) is 0 Å². The van der Waals surface area contributed by atoms with Gasteiger partial charge in [-0.1, -0.05) is 48.5 Å². The third-order valence-corrected chi connectivity index (χ3v) is 4.83. The van der Waals surface area contributed by atoms with Crippen molar-refractivity contribution in [2.75, 3.05) is 5.32 Å². The van der Waals surface area contributed by atoms with Crippen molar-refractivity contribution in [3.8, 4) is 0 Å². The van der Waals surface area contributed by atoms with Crippen molar-refractivity contribution in [3.05, 3.63) is 99.4 Å². The van der Waals surface area contributed by atoms with Gasteiger partial charge in [0.25, 0.3) is 5.56 Å². The van der Waals surface area contributed by atoms with E-state index in [-0.39, 0.29) is 5.56 Å². The summed E-state index contributed by atoms with van der Waals surface area (Å²) in [6, 6.07) is 20.2. The van der Waals surface area contributed by atoms with Gasteiger partial charge in [0, 0.05) is 23.3 Å². The Balaban J connectivity index is 1.55. The Hall–Kier alpha value is -2.92. The van der Waals surface area contributed by atoms with Crippen LogP contribution in [0.2, 0.25) is 0 Å². The number of para-hydroxylation sites is 1. The number of benzene rings is 2. The van der Waals surface area contributed by atoms with Gasteiger partial charge in [0.05, 0.1) is 12.2 Å². The highest BCUT2D eigenvalue weighted by Gasteiger charge is 2.06. The maximum absolute atomic E-state index is 12.1. The monoisotopic (exact) mass is 347 g/mol. The number of hydrogen-bond acceptors (Lipinski definition) is 4. The van der Waals surface area contributed by atoms with Crippen LogP contribution >= 0.6 is 11.3 Å². The van der Waals surface area contributed by atoms with Gasteiger partial charge in [0.2, 0.25) is 0 Å². The number of fused-ring (bicyclic) bond motifs is 1. The number of hydrogen-bond donors (Lipinski definition) is 1. The molecule has 4 nitrogen and oxygen atoms in total. The van der Waals surface area contributed by atoms with E-state index in [2.05, 4.69) is 46.7 Å². The molecule has 0 unspecified atom stereocenters. The second-order valence-electron chi connectivity index (χ2n) is 5.81. The largest absolute Gasteiger partial charge is 0.379 e. The summed E-state index contributed by atoms with van der Waals surface area (Å²) in [4.78, 5) is 17.3. The lowest BCUT2D eigenvalue weighted by molar-refractivity contribution is 0.986. The van der Waals surface area contributed by atoms with Crippen LogP contribution in [0, 0.1) is 0 Å². The fraction of sp³-hybridized carbons (Fsp3) is 0.100. The van der Waals surface area contributed by atoms with Gasteiger partial charge in [-0.15, -0.1) is 11.3 Å². The molecule has 4 rings (SSSR count). The normalized spacial score (nSPS) is 10.9. The highest BCUT2D eigenvalue weighted by Crippen LogP contribution is 2.19. The van der Waals surface area contributed by atoms with E-state index in [9.17, 15) is 4.79 Å². The van der Waals surface area contributed by atoms with Gasteiger partial charge in [0.1, 0.15) is 0 Å². The van der Waals surface area contributed by atoms with Crippen LogP contribution in [0.4, 0.5) is 5.69 Å². The Labute approximate surface area is 149 Å². The van der Waals surface area contributed by atoms with E-state index < -0.39 is 0 Å². The summed E-state index contributed by atoms with van der Waals surface area (Å²) in [5.74, 6) is 0. The molecule has 0 spiro atoms. The van der Waals surface area contributed by atoms with Crippen LogP contribution in [-0.2, 0) is 13.0 Å². The maximum atomic E-state index is 12.1. The molecule has 2 aromatic carbocycles. The Morgan fingerprint density at radius 3 is 2.72 bits per heavy atom. The zero-order valence-electron chi connectivity index (χ0n) is 13.6. The molecule has 1 N–H and O–H groups in total. The minimum atomic E-state index is -0.0411. The number of rotatable bonds is 5. The second kappa shape index (κ2) is 6.91. The molecule has 0 aliphatic heterocycles. The summed E-state index contributed by atoms with van der Waals surface area (Å²) >= 11 is 1.47. The van der Waals surface area contributed by atoms with Gasteiger partial charge >= 0.3 is 0 Å². The van der Waals surface area contributed by atoms with Crippen LogP contribution in [0.15, 0.2) is 77.0 Å². The van der Waals surface area contributed by atoms with Crippen LogP contribution < -0.4 is 10.9 Å². The molecule has 4 aromatic rings. The highest BCUT2D eigenvalue weighted by molar-refractivity contribution is 7.15. The lowest BCUT2D eigenvalue weighted by atomic mass is 10.0. The van der Waals surface area contributed by atoms with E-state index in [1.165, 1.54) is 22.5 Å². The van der Waals surface area contributed by atoms with Crippen molar-refractivity contribution in [1.82, 2.24) is 9.38 Å². The van der Waals surface area contributed by atoms with E-state index in [1.807, 2.05) is 23.6 Å². The summed E-state index contributed by atoms with van der Waals surface area (Å²) in [5, 5.41) is 5.30. The zero-order valence-corrected chi connectivity index (χ0v) is 14.4. The Kier molecular flexibility index (Phi) is 4.31. The summed E-state index contributed by atoms with van der Waals surface area (Å²) in [6.07, 6.45) is 2.62. The van der Waals surface area contributed by atoms with Crippen LogP contribution in [0.25, 0.3) is 4.96 Å². The zero-order chi connectivity index (χ0) is 17.1. The average molecular weight is 347 g/mol. The number of anilines is 1. The van der Waals surface area contributed by atoms with Gasteiger partial charge in [-0.3, -0.25) is 9.20 Å². The molecule has 0 aliphatic rings. The number of aromatic nitrogens is 2. The van der Waals surface area contributed by atoms with E-state index in [0.717, 1.165) is 22.8 Å². The molecule has 0 aliphatic carbocycles. The highest BCUT2D eigenvalue weighted by atomic mass is 32.1. The lowest BCUT2D eigenvalue weighted by Crippen LogP contribution is -2.15. The van der Waals surface area contributed by atoms with Crippen molar-refractivity contribution >= 4 is 22.0 Å². The first-order valence-corrected chi connectivity index (χ1v) is 8.99. The first-order valence-electron chi connectivity index (χ1n) is 8.11. The molecule has 0 saturated heterocycles. The first kappa shape index (κ1) is 15.6. The molecule has 0 amide bonds. The Morgan fingerprint density at radius 2 is 1.84 bits per heavy atom. The molecule has 0 atom stereocenters. The number of thiazole rings is 1. The number of nitrogens with one attached hydrogen (secondary N) is 1. The van der Waals surface area contributed by atoms with Crippen molar-refractivity contribution in [1.29, 1.82) is 0 Å². The van der Waals surface area contributed by atoms with Gasteiger partial charge in [-0.05, 0) is 23.6 Å². The molecule has 5 heteroatoms. The first-order chi connectivity index (χ1) is 12.3. The Bertz CT molecular complexity index is 1050. The predicted molar refractivity (Wildman–Crippen MR) is 102 cm³/mol. The van der Waals surface area contributed by atoms with Crippen molar-refractivity contribution in [2.45, 2.75) is 13.0 Å². The van der Waals surface area contributed by atoms with Crippen molar-refractivity contribution in [2.24, 2.45) is 0 Å². The smallest absolute Gasteiger partial charge is 0.258 e. The minimum Gasteiger partial charge on any atom is -0.379 e. The summed E-state index contributed by atoms with van der Waals surface area (Å²) < 4.78 is 1.57. The molecule has 124 valence electrons. The standard InChI is InChI=1S/C20H17N3OS/c24-19-13-17(22-20-23(19)10-11-25-20)14-21-18-9-5-4-8-16(18)12-15-6-2-1-3-7-15/h1-11,13,21H,12,14H2. The quantitative estimate of drug-likeness (QED) is 0.594. The molecule has 0 fully saturated rings. The number of nitrogens with zero attached hydrogens (tertiary/aromatic N) is 2. The lowest BCUT2D eigenvalue weighted by Gasteiger charge is -2.12. The summed E-state index contributed by atoms with van der Waals surface area (Å²) in [7, 11) is 0. The minimum absolute atomic E-state index is 0.0411. The average Bonchev–Trinajstić information content (AvgIpc) is 3.11. The van der Waals surface area contributed by atoms with Crippen molar-refractivity contribution in [3.63, 3.8) is 0 Å². The predicted octanol–water partition coefficient (Wildman–Crippen LogP) is 3.96. The molecule has 2 heterocycles. The van der Waals surface area contributed by atoms with Gasteiger partial charge in [0.15, 0.2) is 4.96 Å². The van der Waals surface area contributed by atoms with Crippen molar-refractivity contribution < 1.29 is 0 Å². The molecule has 0 saturated carbocycles. The molecular weight excluding hydrogens is 330 g/mol. The second-order valence-corrected chi connectivity index (χ2v) is 6.69. The molecule has 2 aromatic heterocycles. The topological polar surface area (TPSA) is 46.4 Å². The van der Waals surface area contributed by atoms with E-state index in [0.29, 0.717) is 6.54 Å². The third-order valence-electron chi connectivity index (χ3n) is 4.07. The fourth-order valence-electron chi connectivity index (χ4n) is 2.83. The Morgan fingerprint density at radius 1 is 1.04 bits per heavy atom. The molecular formula is C20H17N3OS. The molecule has 0 bridgehead atoms. The van der Waals surface area contributed by atoms with Crippen LogP contribution in [0.5, 0.6) is 0 Å². The van der Waals surface area contributed by atoms with Crippen LogP contribution in [-0.4, -0.2) is 9.38 Å². The third kappa shape index (κ3) is 3.46. The van der Waals surface area contributed by atoms with Crippen LogP contribution in [0.3, 0.4) is 0 Å². The van der Waals surface area contributed by atoms with Gasteiger partial charge in [-0.25, -0.2) is 4.98 Å². The van der Waals surface area contributed by atoms with Gasteiger partial charge in [-0.2, -0.15) is 0 Å². The van der Waals surface area contributed by atoms with Gasteiger partial charge < -0.3 is 5.32 Å².